The number of hydrogen-bond donors (Lipinski definition) is 2. The second-order valence-corrected chi connectivity index (χ2v) is 3.75. The molecule has 2 N–H and O–H groups in total. The van der Waals surface area contributed by atoms with Gasteiger partial charge in [-0.05, 0) is 37.6 Å². The fourth-order valence-electron chi connectivity index (χ4n) is 1.47. The third kappa shape index (κ3) is 5.92. The molecule has 0 radical (unpaired) electrons. The van der Waals surface area contributed by atoms with Crippen LogP contribution in [0.5, 0.6) is 5.75 Å². The molecule has 1 aromatic carbocycles. The molecule has 94 valence electrons. The van der Waals surface area contributed by atoms with Crippen molar-refractivity contribution in [3.63, 3.8) is 0 Å². The number of nitrogens with one attached hydrogen (secondary N) is 1. The third-order valence-corrected chi connectivity index (χ3v) is 2.31. The van der Waals surface area contributed by atoms with Crippen LogP contribution in [0.1, 0.15) is 25.3 Å². The van der Waals surface area contributed by atoms with Crippen LogP contribution in [0.3, 0.4) is 0 Å². The van der Waals surface area contributed by atoms with E-state index in [1.165, 1.54) is 5.56 Å². The Morgan fingerprint density at radius 2 is 2.06 bits per heavy atom. The van der Waals surface area contributed by atoms with E-state index < -0.39 is 5.97 Å². The van der Waals surface area contributed by atoms with E-state index in [-0.39, 0.29) is 6.42 Å². The minimum atomic E-state index is -0.743. The van der Waals surface area contributed by atoms with E-state index in [1.807, 2.05) is 31.2 Å². The third-order valence-electron chi connectivity index (χ3n) is 2.31. The Kier molecular flexibility index (Phi) is 6.10. The molecular formula is C13H19NO3. The van der Waals surface area contributed by atoms with Gasteiger partial charge in [-0.1, -0.05) is 12.1 Å². The van der Waals surface area contributed by atoms with Gasteiger partial charge in [-0.3, -0.25) is 4.79 Å². The summed E-state index contributed by atoms with van der Waals surface area (Å²) in [5.74, 6) is 0.134. The Balaban J connectivity index is 2.20. The van der Waals surface area contributed by atoms with Crippen molar-refractivity contribution in [2.75, 3.05) is 13.2 Å². The van der Waals surface area contributed by atoms with Crippen molar-refractivity contribution in [3.8, 4) is 5.75 Å². The number of carboxylic acid groups (broad SMARTS) is 1. The topological polar surface area (TPSA) is 58.6 Å². The predicted molar refractivity (Wildman–Crippen MR) is 66.2 cm³/mol. The quantitative estimate of drug-likeness (QED) is 0.679. The second-order valence-electron chi connectivity index (χ2n) is 3.75. The fourth-order valence-corrected chi connectivity index (χ4v) is 1.47. The minimum Gasteiger partial charge on any atom is -0.494 e. The van der Waals surface area contributed by atoms with E-state index >= 15 is 0 Å². The van der Waals surface area contributed by atoms with E-state index in [0.29, 0.717) is 13.0 Å². The zero-order valence-electron chi connectivity index (χ0n) is 10.1. The van der Waals surface area contributed by atoms with Gasteiger partial charge in [0, 0.05) is 13.0 Å². The molecular weight excluding hydrogens is 218 g/mol. The summed E-state index contributed by atoms with van der Waals surface area (Å²) >= 11 is 0. The van der Waals surface area contributed by atoms with Gasteiger partial charge in [0.05, 0.1) is 6.61 Å². The van der Waals surface area contributed by atoms with Crippen LogP contribution in [-0.4, -0.2) is 24.2 Å². The maximum absolute atomic E-state index is 10.3. The van der Waals surface area contributed by atoms with Gasteiger partial charge in [-0.15, -0.1) is 0 Å². The minimum absolute atomic E-state index is 0.219. The number of hydrogen-bond acceptors (Lipinski definition) is 3. The SMILES string of the molecule is CCOc1ccc(CNCCCC(=O)O)cc1. The van der Waals surface area contributed by atoms with E-state index in [4.69, 9.17) is 9.84 Å². The Hall–Kier alpha value is -1.55. The van der Waals surface area contributed by atoms with E-state index in [2.05, 4.69) is 5.32 Å². The molecule has 0 amide bonds. The highest BCUT2D eigenvalue weighted by Crippen LogP contribution is 2.11. The summed E-state index contributed by atoms with van der Waals surface area (Å²) in [7, 11) is 0. The van der Waals surface area contributed by atoms with Gasteiger partial charge >= 0.3 is 5.97 Å². The van der Waals surface area contributed by atoms with Crippen LogP contribution >= 0.6 is 0 Å². The summed E-state index contributed by atoms with van der Waals surface area (Å²) in [5.41, 5.74) is 1.17. The zero-order chi connectivity index (χ0) is 12.5. The zero-order valence-corrected chi connectivity index (χ0v) is 10.1. The van der Waals surface area contributed by atoms with Gasteiger partial charge in [0.25, 0.3) is 0 Å². The van der Waals surface area contributed by atoms with E-state index in [0.717, 1.165) is 18.8 Å². The van der Waals surface area contributed by atoms with Crippen molar-refractivity contribution in [1.29, 1.82) is 0 Å². The first-order valence-electron chi connectivity index (χ1n) is 5.86. The molecule has 17 heavy (non-hydrogen) atoms. The monoisotopic (exact) mass is 237 g/mol. The molecule has 0 unspecified atom stereocenters. The lowest BCUT2D eigenvalue weighted by Crippen LogP contribution is -2.15. The van der Waals surface area contributed by atoms with Crippen molar-refractivity contribution < 1.29 is 14.6 Å². The lowest BCUT2D eigenvalue weighted by Gasteiger charge is -2.06. The summed E-state index contributed by atoms with van der Waals surface area (Å²) in [4.78, 5) is 10.3. The number of ether oxygens (including phenoxy) is 1. The van der Waals surface area contributed by atoms with Gasteiger partial charge in [0.1, 0.15) is 5.75 Å². The molecule has 0 saturated heterocycles. The van der Waals surface area contributed by atoms with Crippen LogP contribution in [0.25, 0.3) is 0 Å². The average Bonchev–Trinajstić information content (AvgIpc) is 2.31. The number of carboxylic acids is 1. The van der Waals surface area contributed by atoms with Crippen LogP contribution in [0.15, 0.2) is 24.3 Å². The second kappa shape index (κ2) is 7.68. The summed E-state index contributed by atoms with van der Waals surface area (Å²) in [5, 5.41) is 11.7. The molecule has 0 fully saturated rings. The highest BCUT2D eigenvalue weighted by atomic mass is 16.5. The first-order valence-corrected chi connectivity index (χ1v) is 5.86. The number of aliphatic carboxylic acids is 1. The molecule has 0 spiro atoms. The Labute approximate surface area is 102 Å². The molecule has 0 aromatic heterocycles. The summed E-state index contributed by atoms with van der Waals surface area (Å²) in [6, 6.07) is 7.90. The van der Waals surface area contributed by atoms with Crippen LogP contribution in [0, 0.1) is 0 Å². The average molecular weight is 237 g/mol. The maximum Gasteiger partial charge on any atom is 0.303 e. The van der Waals surface area contributed by atoms with Crippen LogP contribution in [0.2, 0.25) is 0 Å². The molecule has 0 aliphatic heterocycles. The summed E-state index contributed by atoms with van der Waals surface area (Å²) in [6.45, 7) is 4.11. The molecule has 1 rings (SSSR count). The molecule has 0 bridgehead atoms. The molecule has 0 saturated carbocycles. The number of carbonyl (C=O) groups is 1. The highest BCUT2D eigenvalue weighted by molar-refractivity contribution is 5.66. The largest absolute Gasteiger partial charge is 0.494 e. The summed E-state index contributed by atoms with van der Waals surface area (Å²) in [6.07, 6.45) is 0.878. The predicted octanol–water partition coefficient (Wildman–Crippen LogP) is 2.04. The standard InChI is InChI=1S/C13H19NO3/c1-2-17-12-7-5-11(6-8-12)10-14-9-3-4-13(15)16/h5-8,14H,2-4,9-10H2,1H3,(H,15,16). The molecule has 0 heterocycles. The van der Waals surface area contributed by atoms with Crippen molar-refractivity contribution >= 4 is 5.97 Å². The number of benzene rings is 1. The van der Waals surface area contributed by atoms with Crippen LogP contribution in [-0.2, 0) is 11.3 Å². The van der Waals surface area contributed by atoms with Gasteiger partial charge in [0.2, 0.25) is 0 Å². The van der Waals surface area contributed by atoms with Crippen molar-refractivity contribution in [2.45, 2.75) is 26.3 Å². The fraction of sp³-hybridized carbons (Fsp3) is 0.462. The Bertz CT molecular complexity index is 335. The first-order chi connectivity index (χ1) is 8.22. The van der Waals surface area contributed by atoms with E-state index in [9.17, 15) is 4.79 Å². The van der Waals surface area contributed by atoms with Gasteiger partial charge in [-0.25, -0.2) is 0 Å². The van der Waals surface area contributed by atoms with Crippen molar-refractivity contribution in [3.05, 3.63) is 29.8 Å². The van der Waals surface area contributed by atoms with Crippen LogP contribution in [0.4, 0.5) is 0 Å². The normalized spacial score (nSPS) is 10.2. The first kappa shape index (κ1) is 13.5. The summed E-state index contributed by atoms with van der Waals surface area (Å²) < 4.78 is 5.34. The number of rotatable bonds is 8. The lowest BCUT2D eigenvalue weighted by atomic mass is 10.2. The lowest BCUT2D eigenvalue weighted by molar-refractivity contribution is -0.137. The molecule has 4 nitrogen and oxygen atoms in total. The molecule has 0 aliphatic rings. The van der Waals surface area contributed by atoms with E-state index in [1.54, 1.807) is 0 Å². The molecule has 0 aliphatic carbocycles. The molecule has 0 atom stereocenters. The van der Waals surface area contributed by atoms with Crippen molar-refractivity contribution in [1.82, 2.24) is 5.32 Å². The van der Waals surface area contributed by atoms with Crippen molar-refractivity contribution in [2.24, 2.45) is 0 Å². The van der Waals surface area contributed by atoms with Gasteiger partial charge in [-0.2, -0.15) is 0 Å². The molecule has 1 aromatic rings. The Morgan fingerprint density at radius 1 is 1.35 bits per heavy atom. The van der Waals surface area contributed by atoms with Crippen LogP contribution < -0.4 is 10.1 Å². The smallest absolute Gasteiger partial charge is 0.303 e. The highest BCUT2D eigenvalue weighted by Gasteiger charge is 1.97. The Morgan fingerprint density at radius 3 is 2.65 bits per heavy atom. The van der Waals surface area contributed by atoms with Gasteiger partial charge in [0.15, 0.2) is 0 Å². The van der Waals surface area contributed by atoms with Gasteiger partial charge < -0.3 is 15.2 Å². The maximum atomic E-state index is 10.3. The molecule has 4 heteroatoms.